The molecule has 0 bridgehead atoms. The Hall–Kier alpha value is -0.950. The highest BCUT2D eigenvalue weighted by molar-refractivity contribution is 7.89. The first-order valence-electron chi connectivity index (χ1n) is 5.98. The van der Waals surface area contributed by atoms with Crippen LogP contribution < -0.4 is 4.72 Å². The van der Waals surface area contributed by atoms with Crippen molar-refractivity contribution in [2.24, 2.45) is 0 Å². The van der Waals surface area contributed by atoms with Crippen molar-refractivity contribution in [1.82, 2.24) is 9.71 Å². The lowest BCUT2D eigenvalue weighted by atomic mass is 10.2. The van der Waals surface area contributed by atoms with E-state index in [-0.39, 0.29) is 11.4 Å². The van der Waals surface area contributed by atoms with Crippen LogP contribution in [0.4, 0.5) is 0 Å². The first kappa shape index (κ1) is 15.4. The molecule has 20 heavy (non-hydrogen) atoms. The summed E-state index contributed by atoms with van der Waals surface area (Å²) < 4.78 is 26.9. The van der Waals surface area contributed by atoms with Crippen molar-refractivity contribution in [2.45, 2.75) is 32.2 Å². The third-order valence-electron chi connectivity index (χ3n) is 2.94. The van der Waals surface area contributed by atoms with E-state index in [1.807, 2.05) is 20.8 Å². The van der Waals surface area contributed by atoms with Gasteiger partial charge in [0.05, 0.1) is 17.1 Å². The molecule has 0 aliphatic heterocycles. The highest BCUT2D eigenvalue weighted by atomic mass is 35.5. The topological polar surface area (TPSA) is 59.1 Å². The molecule has 7 heteroatoms. The number of nitrogens with zero attached hydrogens (tertiary/aromatic N) is 1. The molecule has 1 N–H and O–H groups in total. The van der Waals surface area contributed by atoms with Gasteiger partial charge in [-0.1, -0.05) is 17.7 Å². The Kier molecular flexibility index (Phi) is 4.49. The number of sulfonamides is 1. The Morgan fingerprint density at radius 1 is 1.30 bits per heavy atom. The van der Waals surface area contributed by atoms with Crippen molar-refractivity contribution in [3.63, 3.8) is 0 Å². The smallest absolute Gasteiger partial charge is 0.241 e. The number of aromatic nitrogens is 1. The maximum absolute atomic E-state index is 12.2. The molecule has 0 aliphatic rings. The summed E-state index contributed by atoms with van der Waals surface area (Å²) in [4.78, 5) is 5.56. The van der Waals surface area contributed by atoms with Crippen LogP contribution in [0.2, 0.25) is 5.02 Å². The van der Waals surface area contributed by atoms with Crippen LogP contribution in [0.3, 0.4) is 0 Å². The van der Waals surface area contributed by atoms with Crippen LogP contribution in [-0.2, 0) is 16.6 Å². The van der Waals surface area contributed by atoms with Gasteiger partial charge in [-0.15, -0.1) is 11.3 Å². The second-order valence-corrected chi connectivity index (χ2v) is 7.95. The lowest BCUT2D eigenvalue weighted by Crippen LogP contribution is -2.23. The van der Waals surface area contributed by atoms with Crippen molar-refractivity contribution in [2.75, 3.05) is 0 Å². The number of benzene rings is 1. The van der Waals surface area contributed by atoms with E-state index in [1.165, 1.54) is 17.4 Å². The zero-order valence-corrected chi connectivity index (χ0v) is 13.8. The molecule has 0 fully saturated rings. The number of halogens is 1. The number of thiazole rings is 1. The van der Waals surface area contributed by atoms with Crippen LogP contribution in [-0.4, -0.2) is 13.4 Å². The third-order valence-corrected chi connectivity index (χ3v) is 5.82. The molecule has 0 spiro atoms. The van der Waals surface area contributed by atoms with E-state index < -0.39 is 10.0 Å². The fourth-order valence-electron chi connectivity index (χ4n) is 1.60. The van der Waals surface area contributed by atoms with Crippen LogP contribution in [0.5, 0.6) is 0 Å². The third kappa shape index (κ3) is 3.38. The van der Waals surface area contributed by atoms with Gasteiger partial charge in [-0.2, -0.15) is 0 Å². The van der Waals surface area contributed by atoms with Gasteiger partial charge in [-0.05, 0) is 38.5 Å². The summed E-state index contributed by atoms with van der Waals surface area (Å²) in [6.07, 6.45) is 0. The summed E-state index contributed by atoms with van der Waals surface area (Å²) in [6.45, 7) is 5.88. The van der Waals surface area contributed by atoms with E-state index in [1.54, 1.807) is 12.1 Å². The molecule has 2 rings (SSSR count). The van der Waals surface area contributed by atoms with Gasteiger partial charge in [0.15, 0.2) is 0 Å². The molecule has 0 saturated heterocycles. The maximum Gasteiger partial charge on any atom is 0.241 e. The number of nitrogens with one attached hydrogen (secondary N) is 1. The lowest BCUT2D eigenvalue weighted by molar-refractivity contribution is 0.581. The maximum atomic E-state index is 12.2. The predicted molar refractivity (Wildman–Crippen MR) is 81.8 cm³/mol. The van der Waals surface area contributed by atoms with E-state index in [2.05, 4.69) is 9.71 Å². The molecule has 108 valence electrons. The van der Waals surface area contributed by atoms with Crippen LogP contribution in [0, 0.1) is 20.8 Å². The number of rotatable bonds is 4. The number of hydrogen-bond donors (Lipinski definition) is 1. The Morgan fingerprint density at radius 2 is 2.00 bits per heavy atom. The molecule has 0 aliphatic carbocycles. The van der Waals surface area contributed by atoms with Crippen molar-refractivity contribution in [3.8, 4) is 0 Å². The SMILES string of the molecule is Cc1ccc(S(=O)(=O)NCc2nc(C)c(C)s2)cc1Cl. The summed E-state index contributed by atoms with van der Waals surface area (Å²) in [5.74, 6) is 0. The van der Waals surface area contributed by atoms with Crippen molar-refractivity contribution >= 4 is 33.0 Å². The van der Waals surface area contributed by atoms with E-state index in [4.69, 9.17) is 11.6 Å². The van der Waals surface area contributed by atoms with E-state index >= 15 is 0 Å². The Balaban J connectivity index is 2.16. The molecule has 1 aromatic carbocycles. The average molecular weight is 331 g/mol. The standard InChI is InChI=1S/C13H15ClN2O2S2/c1-8-4-5-11(6-12(8)14)20(17,18)15-7-13-16-9(2)10(3)19-13/h4-6,15H,7H2,1-3H3. The molecule has 0 radical (unpaired) electrons. The molecular weight excluding hydrogens is 316 g/mol. The average Bonchev–Trinajstić information content (AvgIpc) is 2.70. The predicted octanol–water partition coefficient (Wildman–Crippen LogP) is 3.20. The molecule has 0 amide bonds. The van der Waals surface area contributed by atoms with Gasteiger partial charge in [0.25, 0.3) is 0 Å². The monoisotopic (exact) mass is 330 g/mol. The minimum Gasteiger partial charge on any atom is -0.245 e. The van der Waals surface area contributed by atoms with E-state index in [0.29, 0.717) is 5.02 Å². The second-order valence-electron chi connectivity index (χ2n) is 4.48. The zero-order chi connectivity index (χ0) is 14.9. The summed E-state index contributed by atoms with van der Waals surface area (Å²) >= 11 is 7.45. The number of hydrogen-bond acceptors (Lipinski definition) is 4. The first-order chi connectivity index (χ1) is 9.29. The van der Waals surface area contributed by atoms with Gasteiger partial charge in [-0.25, -0.2) is 18.1 Å². The summed E-state index contributed by atoms with van der Waals surface area (Å²) in [5, 5.41) is 1.19. The minimum atomic E-state index is -3.57. The van der Waals surface area contributed by atoms with E-state index in [0.717, 1.165) is 21.1 Å². The van der Waals surface area contributed by atoms with Crippen LogP contribution >= 0.6 is 22.9 Å². The molecule has 0 atom stereocenters. The van der Waals surface area contributed by atoms with Gasteiger partial charge in [0.1, 0.15) is 5.01 Å². The number of aryl methyl sites for hydroxylation is 3. The van der Waals surface area contributed by atoms with Gasteiger partial charge >= 0.3 is 0 Å². The Bertz CT molecular complexity index is 719. The van der Waals surface area contributed by atoms with Gasteiger partial charge in [0.2, 0.25) is 10.0 Å². The molecule has 1 heterocycles. The largest absolute Gasteiger partial charge is 0.245 e. The molecule has 4 nitrogen and oxygen atoms in total. The summed E-state index contributed by atoms with van der Waals surface area (Å²) in [6, 6.07) is 4.69. The first-order valence-corrected chi connectivity index (χ1v) is 8.66. The Labute approximate surface area is 127 Å². The quantitative estimate of drug-likeness (QED) is 0.936. The lowest BCUT2D eigenvalue weighted by Gasteiger charge is -2.06. The van der Waals surface area contributed by atoms with E-state index in [9.17, 15) is 8.42 Å². The van der Waals surface area contributed by atoms with Gasteiger partial charge in [0, 0.05) is 9.90 Å². The normalized spacial score (nSPS) is 11.8. The highest BCUT2D eigenvalue weighted by Gasteiger charge is 2.16. The van der Waals surface area contributed by atoms with Crippen LogP contribution in [0.25, 0.3) is 0 Å². The fraction of sp³-hybridized carbons (Fsp3) is 0.308. The fourth-order valence-corrected chi connectivity index (χ4v) is 3.82. The van der Waals surface area contributed by atoms with Gasteiger partial charge in [-0.3, -0.25) is 0 Å². The summed E-state index contributed by atoms with van der Waals surface area (Å²) in [7, 11) is -3.57. The molecule has 0 saturated carbocycles. The highest BCUT2D eigenvalue weighted by Crippen LogP contribution is 2.21. The summed E-state index contributed by atoms with van der Waals surface area (Å²) in [5.41, 5.74) is 1.78. The Morgan fingerprint density at radius 3 is 2.55 bits per heavy atom. The molecule has 1 aromatic heterocycles. The minimum absolute atomic E-state index is 0.165. The van der Waals surface area contributed by atoms with Crippen molar-refractivity contribution < 1.29 is 8.42 Å². The van der Waals surface area contributed by atoms with Crippen molar-refractivity contribution in [1.29, 1.82) is 0 Å². The zero-order valence-electron chi connectivity index (χ0n) is 11.4. The van der Waals surface area contributed by atoms with Crippen LogP contribution in [0.15, 0.2) is 23.1 Å². The molecule has 2 aromatic rings. The molecule has 0 unspecified atom stereocenters. The molecular formula is C13H15ClN2O2S2. The van der Waals surface area contributed by atoms with Gasteiger partial charge < -0.3 is 0 Å². The van der Waals surface area contributed by atoms with Crippen molar-refractivity contribution in [3.05, 3.63) is 44.4 Å². The second kappa shape index (κ2) is 5.81. The van der Waals surface area contributed by atoms with Crippen LogP contribution in [0.1, 0.15) is 21.1 Å².